The van der Waals surface area contributed by atoms with Gasteiger partial charge in [-0.1, -0.05) is 6.07 Å². The average Bonchev–Trinajstić information content (AvgIpc) is 2.26. The molecule has 0 saturated carbocycles. The predicted octanol–water partition coefficient (Wildman–Crippen LogP) is 2.00. The normalized spacial score (nSPS) is 21.1. The van der Waals surface area contributed by atoms with Crippen LogP contribution in [0.4, 0.5) is 0 Å². The molecule has 1 aliphatic rings. The van der Waals surface area contributed by atoms with Crippen LogP contribution in [0.15, 0.2) is 18.2 Å². The highest BCUT2D eigenvalue weighted by Crippen LogP contribution is 2.37. The third kappa shape index (κ3) is 2.31. The van der Waals surface area contributed by atoms with E-state index in [0.717, 1.165) is 18.7 Å². The molecule has 1 aromatic carbocycles. The molecule has 3 nitrogen and oxygen atoms in total. The van der Waals surface area contributed by atoms with E-state index < -0.39 is 5.60 Å². The topological polar surface area (TPSA) is 32.7 Å². The van der Waals surface area contributed by atoms with Crippen LogP contribution in [0, 0.1) is 0 Å². The Kier molecular flexibility index (Phi) is 3.15. The lowest BCUT2D eigenvalue weighted by molar-refractivity contribution is -0.0162. The van der Waals surface area contributed by atoms with Crippen molar-refractivity contribution in [2.24, 2.45) is 0 Å². The molecule has 1 atom stereocenters. The fourth-order valence-electron chi connectivity index (χ4n) is 2.78. The molecule has 17 heavy (non-hydrogen) atoms. The molecule has 1 aliphatic heterocycles. The molecule has 2 rings (SSSR count). The maximum absolute atomic E-state index is 10.3. The Morgan fingerprint density at radius 3 is 2.71 bits per heavy atom. The molecule has 0 aromatic heterocycles. The van der Waals surface area contributed by atoms with Crippen LogP contribution in [-0.2, 0) is 6.42 Å². The number of fused-ring (bicyclic) bond motifs is 1. The molecule has 0 fully saturated rings. The van der Waals surface area contributed by atoms with Crippen molar-refractivity contribution >= 4 is 0 Å². The van der Waals surface area contributed by atoms with Gasteiger partial charge in [-0.2, -0.15) is 0 Å². The van der Waals surface area contributed by atoms with Gasteiger partial charge in [0.15, 0.2) is 0 Å². The minimum absolute atomic E-state index is 0.0529. The zero-order valence-corrected chi connectivity index (χ0v) is 11.0. The minimum atomic E-state index is -0.738. The molecule has 1 unspecified atom stereocenters. The van der Waals surface area contributed by atoms with Gasteiger partial charge in [0.25, 0.3) is 0 Å². The van der Waals surface area contributed by atoms with Gasteiger partial charge >= 0.3 is 0 Å². The number of rotatable bonds is 2. The van der Waals surface area contributed by atoms with E-state index in [-0.39, 0.29) is 6.04 Å². The monoisotopic (exact) mass is 235 g/mol. The van der Waals surface area contributed by atoms with Crippen LogP contribution in [0.3, 0.4) is 0 Å². The fraction of sp³-hybridized carbons (Fsp3) is 0.571. The summed E-state index contributed by atoms with van der Waals surface area (Å²) in [6.45, 7) is 4.70. The van der Waals surface area contributed by atoms with Gasteiger partial charge in [-0.05, 0) is 50.6 Å². The highest BCUT2D eigenvalue weighted by molar-refractivity contribution is 5.40. The summed E-state index contributed by atoms with van der Waals surface area (Å²) in [6, 6.07) is 6.18. The fourth-order valence-corrected chi connectivity index (χ4v) is 2.78. The molecule has 0 saturated heterocycles. The van der Waals surface area contributed by atoms with Gasteiger partial charge in [-0.3, -0.25) is 4.90 Å². The number of hydrogen-bond acceptors (Lipinski definition) is 3. The molecule has 0 radical (unpaired) electrons. The van der Waals surface area contributed by atoms with Crippen molar-refractivity contribution in [3.05, 3.63) is 29.3 Å². The van der Waals surface area contributed by atoms with Crippen LogP contribution in [0.25, 0.3) is 0 Å². The average molecular weight is 235 g/mol. The van der Waals surface area contributed by atoms with Gasteiger partial charge in [0, 0.05) is 6.54 Å². The van der Waals surface area contributed by atoms with E-state index in [1.165, 1.54) is 11.1 Å². The van der Waals surface area contributed by atoms with Crippen LogP contribution in [-0.4, -0.2) is 36.3 Å². The lowest BCUT2D eigenvalue weighted by atomic mass is 9.84. The van der Waals surface area contributed by atoms with Crippen molar-refractivity contribution in [1.29, 1.82) is 0 Å². The Balaban J connectivity index is 2.45. The van der Waals surface area contributed by atoms with E-state index in [0.29, 0.717) is 0 Å². The van der Waals surface area contributed by atoms with Gasteiger partial charge in [0.05, 0.1) is 18.8 Å². The molecule has 1 N–H and O–H groups in total. The summed E-state index contributed by atoms with van der Waals surface area (Å²) >= 11 is 0. The van der Waals surface area contributed by atoms with Gasteiger partial charge in [0.2, 0.25) is 0 Å². The maximum atomic E-state index is 10.3. The first-order chi connectivity index (χ1) is 7.93. The number of ether oxygens (including phenoxy) is 1. The second-order valence-electron chi connectivity index (χ2n) is 5.35. The summed E-state index contributed by atoms with van der Waals surface area (Å²) in [6.07, 6.45) is 1.01. The second-order valence-corrected chi connectivity index (χ2v) is 5.35. The minimum Gasteiger partial charge on any atom is -0.497 e. The number of nitrogens with zero attached hydrogens (tertiary/aromatic N) is 1. The highest BCUT2D eigenvalue weighted by Gasteiger charge is 2.35. The van der Waals surface area contributed by atoms with Gasteiger partial charge in [-0.15, -0.1) is 0 Å². The molecule has 1 heterocycles. The molecule has 1 aromatic rings. The van der Waals surface area contributed by atoms with Crippen LogP contribution in [0.2, 0.25) is 0 Å². The van der Waals surface area contributed by atoms with E-state index in [9.17, 15) is 5.11 Å². The third-order valence-electron chi connectivity index (χ3n) is 3.49. The van der Waals surface area contributed by atoms with Crippen molar-refractivity contribution in [2.75, 3.05) is 20.7 Å². The zero-order chi connectivity index (χ0) is 12.6. The highest BCUT2D eigenvalue weighted by atomic mass is 16.5. The Morgan fingerprint density at radius 2 is 2.12 bits per heavy atom. The lowest BCUT2D eigenvalue weighted by Crippen LogP contribution is -2.44. The number of methoxy groups -OCH3 is 1. The molecule has 0 aliphatic carbocycles. The van der Waals surface area contributed by atoms with Crippen LogP contribution in [0.1, 0.15) is 31.0 Å². The van der Waals surface area contributed by atoms with Crippen molar-refractivity contribution in [3.8, 4) is 5.75 Å². The van der Waals surface area contributed by atoms with Crippen molar-refractivity contribution in [1.82, 2.24) is 4.90 Å². The summed E-state index contributed by atoms with van der Waals surface area (Å²) in [5, 5.41) is 10.3. The predicted molar refractivity (Wildman–Crippen MR) is 68.4 cm³/mol. The standard InChI is InChI=1S/C14H21NO2/c1-14(2,16)13-12-6-5-11(17-4)9-10(12)7-8-15(13)3/h5-6,9,13,16H,7-8H2,1-4H3. The Hall–Kier alpha value is -1.06. The largest absolute Gasteiger partial charge is 0.497 e. The Labute approximate surface area is 103 Å². The molecule has 0 bridgehead atoms. The SMILES string of the molecule is COc1ccc2c(c1)CCN(C)C2C(C)(C)O. The van der Waals surface area contributed by atoms with Gasteiger partial charge in [-0.25, -0.2) is 0 Å². The Morgan fingerprint density at radius 1 is 1.41 bits per heavy atom. The van der Waals surface area contributed by atoms with Crippen LogP contribution in [0.5, 0.6) is 5.75 Å². The van der Waals surface area contributed by atoms with Crippen molar-refractivity contribution < 1.29 is 9.84 Å². The molecular formula is C14H21NO2. The summed E-state index contributed by atoms with van der Waals surface area (Å²) in [4.78, 5) is 2.22. The number of benzene rings is 1. The second kappa shape index (κ2) is 4.31. The van der Waals surface area contributed by atoms with Crippen LogP contribution < -0.4 is 4.74 Å². The number of aliphatic hydroxyl groups is 1. The Bertz CT molecular complexity index is 409. The van der Waals surface area contributed by atoms with E-state index in [1.807, 2.05) is 19.9 Å². The summed E-state index contributed by atoms with van der Waals surface area (Å²) < 4.78 is 5.25. The van der Waals surface area contributed by atoms with E-state index in [1.54, 1.807) is 7.11 Å². The summed E-state index contributed by atoms with van der Waals surface area (Å²) in [7, 11) is 3.75. The van der Waals surface area contributed by atoms with Gasteiger partial charge in [0.1, 0.15) is 5.75 Å². The first-order valence-corrected chi connectivity index (χ1v) is 6.03. The van der Waals surface area contributed by atoms with Crippen molar-refractivity contribution in [2.45, 2.75) is 31.9 Å². The quantitative estimate of drug-likeness (QED) is 0.851. The first kappa shape index (κ1) is 12.4. The van der Waals surface area contributed by atoms with E-state index in [2.05, 4.69) is 24.1 Å². The molecule has 94 valence electrons. The van der Waals surface area contributed by atoms with Crippen molar-refractivity contribution in [3.63, 3.8) is 0 Å². The maximum Gasteiger partial charge on any atom is 0.119 e. The van der Waals surface area contributed by atoms with Crippen LogP contribution >= 0.6 is 0 Å². The van der Waals surface area contributed by atoms with E-state index >= 15 is 0 Å². The number of likely N-dealkylation sites (N-methyl/N-ethyl adjacent to an activating group) is 1. The van der Waals surface area contributed by atoms with Gasteiger partial charge < -0.3 is 9.84 Å². The molecule has 3 heteroatoms. The summed E-state index contributed by atoms with van der Waals surface area (Å²) in [5.41, 5.74) is 1.76. The lowest BCUT2D eigenvalue weighted by Gasteiger charge is -2.41. The molecule has 0 amide bonds. The number of hydrogen-bond donors (Lipinski definition) is 1. The third-order valence-corrected chi connectivity index (χ3v) is 3.49. The molecule has 0 spiro atoms. The zero-order valence-electron chi connectivity index (χ0n) is 11.0. The molecular weight excluding hydrogens is 214 g/mol. The first-order valence-electron chi connectivity index (χ1n) is 6.03. The van der Waals surface area contributed by atoms with E-state index in [4.69, 9.17) is 4.74 Å². The summed E-state index contributed by atoms with van der Waals surface area (Å²) in [5.74, 6) is 0.891. The smallest absolute Gasteiger partial charge is 0.119 e.